The van der Waals surface area contributed by atoms with Gasteiger partial charge in [-0.1, -0.05) is 35.5 Å². The van der Waals surface area contributed by atoms with E-state index < -0.39 is 0 Å². The van der Waals surface area contributed by atoms with Crippen molar-refractivity contribution in [3.8, 4) is 5.75 Å². The molecular weight excluding hydrogens is 266 g/mol. The molecule has 5 heteroatoms. The van der Waals surface area contributed by atoms with Gasteiger partial charge in [-0.3, -0.25) is 0 Å². The lowest BCUT2D eigenvalue weighted by atomic mass is 10.1. The van der Waals surface area contributed by atoms with Gasteiger partial charge in [-0.05, 0) is 18.2 Å². The second-order valence-electron chi connectivity index (χ2n) is 4.67. The van der Waals surface area contributed by atoms with Gasteiger partial charge in [0.25, 0.3) is 0 Å². The van der Waals surface area contributed by atoms with E-state index in [0.29, 0.717) is 12.1 Å². The first kappa shape index (κ1) is 14.7. The molecule has 0 saturated carbocycles. The van der Waals surface area contributed by atoms with Crippen molar-refractivity contribution in [2.45, 2.75) is 6.54 Å². The Morgan fingerprint density at radius 3 is 2.57 bits per heavy atom. The molecule has 2 rings (SSSR count). The molecule has 5 nitrogen and oxygen atoms in total. The zero-order chi connectivity index (χ0) is 15.2. The molecule has 0 aliphatic carbocycles. The Bertz CT molecular complexity index is 641. The third kappa shape index (κ3) is 3.25. The Labute approximate surface area is 124 Å². The molecule has 0 aliphatic rings. The van der Waals surface area contributed by atoms with Gasteiger partial charge in [-0.2, -0.15) is 0 Å². The molecule has 0 fully saturated rings. The number of rotatable bonds is 5. The average molecular weight is 285 g/mol. The van der Waals surface area contributed by atoms with E-state index in [9.17, 15) is 0 Å². The number of nitrogens with zero attached hydrogens (tertiary/aromatic N) is 2. The summed E-state index contributed by atoms with van der Waals surface area (Å²) >= 11 is 0. The minimum absolute atomic E-state index is 0.0949. The normalized spacial score (nSPS) is 11.2. The fourth-order valence-corrected chi connectivity index (χ4v) is 2.25. The van der Waals surface area contributed by atoms with Crippen molar-refractivity contribution in [2.24, 2.45) is 10.9 Å². The van der Waals surface area contributed by atoms with Crippen LogP contribution in [0, 0.1) is 0 Å². The summed E-state index contributed by atoms with van der Waals surface area (Å²) in [6, 6.07) is 15.4. The number of amidine groups is 1. The van der Waals surface area contributed by atoms with Crippen molar-refractivity contribution in [1.82, 2.24) is 0 Å². The molecule has 0 radical (unpaired) electrons. The monoisotopic (exact) mass is 285 g/mol. The van der Waals surface area contributed by atoms with Crippen molar-refractivity contribution in [3.63, 3.8) is 0 Å². The van der Waals surface area contributed by atoms with E-state index in [1.807, 2.05) is 60.5 Å². The number of oxime groups is 1. The molecule has 0 bridgehead atoms. The molecule has 0 saturated heterocycles. The predicted octanol–water partition coefficient (Wildman–Crippen LogP) is 2.43. The summed E-state index contributed by atoms with van der Waals surface area (Å²) < 4.78 is 5.37. The summed E-state index contributed by atoms with van der Waals surface area (Å²) in [5, 5.41) is 12.0. The van der Waals surface area contributed by atoms with Crippen molar-refractivity contribution in [2.75, 3.05) is 19.1 Å². The molecule has 3 N–H and O–H groups in total. The van der Waals surface area contributed by atoms with Crippen LogP contribution in [0.4, 0.5) is 5.69 Å². The molecule has 0 atom stereocenters. The Morgan fingerprint density at radius 1 is 1.19 bits per heavy atom. The van der Waals surface area contributed by atoms with Gasteiger partial charge in [0.15, 0.2) is 5.84 Å². The Hall–Kier alpha value is -2.69. The van der Waals surface area contributed by atoms with Gasteiger partial charge in [0.1, 0.15) is 5.75 Å². The van der Waals surface area contributed by atoms with Crippen LogP contribution in [0.2, 0.25) is 0 Å². The molecular formula is C16H19N3O2. The van der Waals surface area contributed by atoms with E-state index >= 15 is 0 Å². The molecule has 0 aromatic heterocycles. The smallest absolute Gasteiger partial charge is 0.172 e. The summed E-state index contributed by atoms with van der Waals surface area (Å²) in [5.74, 6) is 0.933. The van der Waals surface area contributed by atoms with Crippen molar-refractivity contribution in [1.29, 1.82) is 0 Å². The van der Waals surface area contributed by atoms with Gasteiger partial charge in [0.2, 0.25) is 0 Å². The number of nitrogens with two attached hydrogens (primary N) is 1. The van der Waals surface area contributed by atoms with Crippen LogP contribution in [0.1, 0.15) is 11.1 Å². The SMILES string of the molecule is COc1ccccc1CN(C)c1ccccc1C(N)=NO. The second kappa shape index (κ2) is 6.65. The summed E-state index contributed by atoms with van der Waals surface area (Å²) in [4.78, 5) is 2.03. The van der Waals surface area contributed by atoms with Gasteiger partial charge >= 0.3 is 0 Å². The van der Waals surface area contributed by atoms with Crippen LogP contribution in [0.15, 0.2) is 53.7 Å². The van der Waals surface area contributed by atoms with Gasteiger partial charge < -0.3 is 20.6 Å². The average Bonchev–Trinajstić information content (AvgIpc) is 2.54. The van der Waals surface area contributed by atoms with Crippen molar-refractivity contribution >= 4 is 11.5 Å². The quantitative estimate of drug-likeness (QED) is 0.383. The highest BCUT2D eigenvalue weighted by atomic mass is 16.5. The maximum Gasteiger partial charge on any atom is 0.172 e. The standard InChI is InChI=1S/C16H19N3O2/c1-19(11-12-7-3-6-10-15(12)21-2)14-9-5-4-8-13(14)16(17)18-20/h3-10,20H,11H2,1-2H3,(H2,17,18). The van der Waals surface area contributed by atoms with E-state index in [1.54, 1.807) is 7.11 Å². The van der Waals surface area contributed by atoms with Crippen molar-refractivity contribution < 1.29 is 9.94 Å². The van der Waals surface area contributed by atoms with E-state index in [2.05, 4.69) is 5.16 Å². The number of para-hydroxylation sites is 2. The summed E-state index contributed by atoms with van der Waals surface area (Å²) in [7, 11) is 3.61. The number of anilines is 1. The van der Waals surface area contributed by atoms with Gasteiger partial charge in [0, 0.05) is 30.4 Å². The van der Waals surface area contributed by atoms with Crippen LogP contribution in [0.5, 0.6) is 5.75 Å². The van der Waals surface area contributed by atoms with Crippen LogP contribution < -0.4 is 15.4 Å². The highest BCUT2D eigenvalue weighted by Gasteiger charge is 2.12. The minimum Gasteiger partial charge on any atom is -0.496 e. The molecule has 110 valence electrons. The first-order valence-corrected chi connectivity index (χ1v) is 6.57. The topological polar surface area (TPSA) is 71.1 Å². The summed E-state index contributed by atoms with van der Waals surface area (Å²) in [5.41, 5.74) is 8.38. The van der Waals surface area contributed by atoms with E-state index in [4.69, 9.17) is 15.7 Å². The molecule has 21 heavy (non-hydrogen) atoms. The molecule has 0 aliphatic heterocycles. The van der Waals surface area contributed by atoms with Crippen LogP contribution in [0.3, 0.4) is 0 Å². The largest absolute Gasteiger partial charge is 0.496 e. The summed E-state index contributed by atoms with van der Waals surface area (Å²) in [6.45, 7) is 0.653. The van der Waals surface area contributed by atoms with Crippen molar-refractivity contribution in [3.05, 3.63) is 59.7 Å². The summed E-state index contributed by atoms with van der Waals surface area (Å²) in [6.07, 6.45) is 0. The number of methoxy groups -OCH3 is 1. The molecule has 2 aromatic rings. The highest BCUT2D eigenvalue weighted by Crippen LogP contribution is 2.24. The second-order valence-corrected chi connectivity index (χ2v) is 4.67. The molecule has 0 spiro atoms. The van der Waals surface area contributed by atoms with Crippen LogP contribution >= 0.6 is 0 Å². The fraction of sp³-hybridized carbons (Fsp3) is 0.188. The highest BCUT2D eigenvalue weighted by molar-refractivity contribution is 6.02. The maximum atomic E-state index is 8.89. The first-order valence-electron chi connectivity index (χ1n) is 6.57. The zero-order valence-electron chi connectivity index (χ0n) is 12.2. The van der Waals surface area contributed by atoms with Gasteiger partial charge in [0.05, 0.1) is 7.11 Å². The van der Waals surface area contributed by atoms with Crippen LogP contribution in [-0.4, -0.2) is 25.2 Å². The van der Waals surface area contributed by atoms with E-state index in [-0.39, 0.29) is 5.84 Å². The van der Waals surface area contributed by atoms with Crippen LogP contribution in [0.25, 0.3) is 0 Å². The molecule has 2 aromatic carbocycles. The van der Waals surface area contributed by atoms with Gasteiger partial charge in [-0.15, -0.1) is 0 Å². The van der Waals surface area contributed by atoms with E-state index in [0.717, 1.165) is 17.0 Å². The lowest BCUT2D eigenvalue weighted by Crippen LogP contribution is -2.22. The van der Waals surface area contributed by atoms with Gasteiger partial charge in [-0.25, -0.2) is 0 Å². The fourth-order valence-electron chi connectivity index (χ4n) is 2.25. The number of hydrogen-bond acceptors (Lipinski definition) is 4. The molecule has 0 unspecified atom stereocenters. The molecule has 0 heterocycles. The number of benzene rings is 2. The predicted molar refractivity (Wildman–Crippen MR) is 84.1 cm³/mol. The lowest BCUT2D eigenvalue weighted by molar-refractivity contribution is 0.318. The van der Waals surface area contributed by atoms with E-state index in [1.165, 1.54) is 0 Å². The minimum atomic E-state index is 0.0949. The Balaban J connectivity index is 2.31. The number of ether oxygens (including phenoxy) is 1. The third-order valence-electron chi connectivity index (χ3n) is 3.30. The maximum absolute atomic E-state index is 8.89. The zero-order valence-corrected chi connectivity index (χ0v) is 12.2. The lowest BCUT2D eigenvalue weighted by Gasteiger charge is -2.23. The Kier molecular flexibility index (Phi) is 4.66. The number of hydrogen-bond donors (Lipinski definition) is 2. The molecule has 0 amide bonds. The Morgan fingerprint density at radius 2 is 1.86 bits per heavy atom. The van der Waals surface area contributed by atoms with Crippen LogP contribution in [-0.2, 0) is 6.54 Å². The first-order chi connectivity index (χ1) is 10.2. The third-order valence-corrected chi connectivity index (χ3v) is 3.30.